The molecule has 0 saturated heterocycles. The molecule has 0 aliphatic rings. The molecule has 0 saturated carbocycles. The third kappa shape index (κ3) is 2.12. The van der Waals surface area contributed by atoms with Gasteiger partial charge < -0.3 is 0 Å². The molecule has 0 bridgehead atoms. The number of alkyl halides is 2. The molecule has 0 aliphatic carbocycles. The fraction of sp³-hybridized carbons (Fsp3) is 0.143. The van der Waals surface area contributed by atoms with Crippen LogP contribution in [0.5, 0.6) is 0 Å². The van der Waals surface area contributed by atoms with Gasteiger partial charge in [0, 0.05) is 24.9 Å². The molecule has 0 fully saturated rings. The van der Waals surface area contributed by atoms with Gasteiger partial charge >= 0.3 is 0 Å². The maximum absolute atomic E-state index is 12.4. The van der Waals surface area contributed by atoms with E-state index < -0.39 is 5.92 Å². The van der Waals surface area contributed by atoms with Crippen molar-refractivity contribution in [3.63, 3.8) is 0 Å². The highest BCUT2D eigenvalue weighted by atomic mass is 35.5. The van der Waals surface area contributed by atoms with Gasteiger partial charge in [-0.25, -0.2) is 8.78 Å². The van der Waals surface area contributed by atoms with E-state index in [-0.39, 0.29) is 10.6 Å². The number of pyridine rings is 1. The molecule has 0 N–H and O–H groups in total. The first-order valence-corrected chi connectivity index (χ1v) is 3.22. The smallest absolute Gasteiger partial charge is 0.263 e. The molecular formula is C7H5ClF2N. The summed E-state index contributed by atoms with van der Waals surface area (Å²) in [7, 11) is 0. The minimum Gasteiger partial charge on any atom is -0.263 e. The Morgan fingerprint density at radius 1 is 1.45 bits per heavy atom. The molecule has 59 valence electrons. The summed E-state index contributed by atoms with van der Waals surface area (Å²) in [6.07, 6.45) is 2.33. The zero-order valence-electron chi connectivity index (χ0n) is 5.52. The second-order valence-corrected chi connectivity index (χ2v) is 2.53. The van der Waals surface area contributed by atoms with Gasteiger partial charge in [-0.1, -0.05) is 11.6 Å². The van der Waals surface area contributed by atoms with Crippen molar-refractivity contribution in [3.8, 4) is 0 Å². The molecule has 0 atom stereocenters. The minimum absolute atomic E-state index is 0.186. The topological polar surface area (TPSA) is 12.9 Å². The Balaban J connectivity index is 3.06. The van der Waals surface area contributed by atoms with Gasteiger partial charge in [0.2, 0.25) is 0 Å². The van der Waals surface area contributed by atoms with Crippen molar-refractivity contribution in [2.24, 2.45) is 0 Å². The normalized spacial score (nSPS) is 11.6. The van der Waals surface area contributed by atoms with E-state index in [2.05, 4.69) is 11.9 Å². The maximum atomic E-state index is 12.4. The van der Waals surface area contributed by atoms with Gasteiger partial charge in [0.25, 0.3) is 5.92 Å². The van der Waals surface area contributed by atoms with Crippen LogP contribution in [0.3, 0.4) is 0 Å². The van der Waals surface area contributed by atoms with Crippen LogP contribution in [0, 0.1) is 6.92 Å². The average molecular weight is 177 g/mol. The summed E-state index contributed by atoms with van der Waals surface area (Å²) < 4.78 is 24.8. The number of halogens is 3. The van der Waals surface area contributed by atoms with Crippen LogP contribution in [0.2, 0.25) is 5.02 Å². The Bertz CT molecular complexity index is 257. The lowest BCUT2D eigenvalue weighted by molar-refractivity contribution is 0.0483. The van der Waals surface area contributed by atoms with Crippen LogP contribution in [-0.2, 0) is 5.92 Å². The van der Waals surface area contributed by atoms with Crippen molar-refractivity contribution in [1.29, 1.82) is 0 Å². The Labute approximate surface area is 68.0 Å². The molecule has 1 nitrogen and oxygen atoms in total. The lowest BCUT2D eigenvalue weighted by Crippen LogP contribution is -2.07. The summed E-state index contributed by atoms with van der Waals surface area (Å²) in [5, 5.41) is 0.186. The van der Waals surface area contributed by atoms with Crippen LogP contribution < -0.4 is 0 Å². The van der Waals surface area contributed by atoms with Crippen LogP contribution in [0.1, 0.15) is 5.56 Å². The predicted molar refractivity (Wildman–Crippen MR) is 38.5 cm³/mol. The van der Waals surface area contributed by atoms with Crippen molar-refractivity contribution >= 4 is 11.6 Å². The van der Waals surface area contributed by atoms with Crippen molar-refractivity contribution in [2.45, 2.75) is 5.92 Å². The standard InChI is InChI=1S/C7H5ClF2N/c1-7(9,10)5-2-6(8)4-11-3-5/h2-4H,1H2. The number of hydrogen-bond acceptors (Lipinski definition) is 1. The molecule has 4 heteroatoms. The Morgan fingerprint density at radius 2 is 2.09 bits per heavy atom. The molecule has 1 aromatic heterocycles. The zero-order valence-corrected chi connectivity index (χ0v) is 6.28. The van der Waals surface area contributed by atoms with Crippen molar-refractivity contribution < 1.29 is 8.78 Å². The third-order valence-electron chi connectivity index (χ3n) is 1.13. The van der Waals surface area contributed by atoms with Gasteiger partial charge in [0.1, 0.15) is 0 Å². The van der Waals surface area contributed by atoms with Gasteiger partial charge in [-0.05, 0) is 6.07 Å². The molecule has 1 heterocycles. The van der Waals surface area contributed by atoms with E-state index in [1.165, 1.54) is 6.20 Å². The van der Waals surface area contributed by atoms with E-state index in [4.69, 9.17) is 11.6 Å². The van der Waals surface area contributed by atoms with E-state index in [9.17, 15) is 8.78 Å². The van der Waals surface area contributed by atoms with E-state index in [1.807, 2.05) is 0 Å². The first kappa shape index (κ1) is 8.40. The average Bonchev–Trinajstić information content (AvgIpc) is 1.86. The summed E-state index contributed by atoms with van der Waals surface area (Å²) in [5.41, 5.74) is -0.273. The summed E-state index contributed by atoms with van der Waals surface area (Å²) >= 11 is 5.43. The number of aromatic nitrogens is 1. The molecule has 1 rings (SSSR count). The van der Waals surface area contributed by atoms with Crippen molar-refractivity contribution in [3.05, 3.63) is 36.0 Å². The fourth-order valence-electron chi connectivity index (χ4n) is 0.612. The molecule has 0 aromatic carbocycles. The number of hydrogen-bond donors (Lipinski definition) is 0. The predicted octanol–water partition coefficient (Wildman–Crippen LogP) is 2.66. The molecule has 0 aliphatic heterocycles. The second-order valence-electron chi connectivity index (χ2n) is 2.10. The van der Waals surface area contributed by atoms with E-state index in [0.29, 0.717) is 0 Å². The summed E-state index contributed by atoms with van der Waals surface area (Å²) in [4.78, 5) is 3.50. The van der Waals surface area contributed by atoms with Crippen LogP contribution in [-0.4, -0.2) is 4.98 Å². The Kier molecular flexibility index (Phi) is 2.09. The fourth-order valence-corrected chi connectivity index (χ4v) is 0.786. The van der Waals surface area contributed by atoms with Gasteiger partial charge in [-0.2, -0.15) is 0 Å². The van der Waals surface area contributed by atoms with E-state index in [0.717, 1.165) is 12.3 Å². The number of rotatable bonds is 1. The monoisotopic (exact) mass is 176 g/mol. The summed E-state index contributed by atoms with van der Waals surface area (Å²) in [6, 6.07) is 1.14. The van der Waals surface area contributed by atoms with Crippen LogP contribution >= 0.6 is 11.6 Å². The molecule has 11 heavy (non-hydrogen) atoms. The van der Waals surface area contributed by atoms with E-state index >= 15 is 0 Å². The maximum Gasteiger partial charge on any atom is 0.275 e. The molecular weight excluding hydrogens is 172 g/mol. The summed E-state index contributed by atoms with van der Waals surface area (Å²) in [5.74, 6) is -3.11. The SMILES string of the molecule is [CH2]C(F)(F)c1cncc(Cl)c1. The van der Waals surface area contributed by atoms with Crippen LogP contribution in [0.25, 0.3) is 0 Å². The van der Waals surface area contributed by atoms with Crippen LogP contribution in [0.15, 0.2) is 18.5 Å². The van der Waals surface area contributed by atoms with Gasteiger partial charge in [0.15, 0.2) is 0 Å². The first-order chi connectivity index (χ1) is 5.00. The van der Waals surface area contributed by atoms with E-state index in [1.54, 1.807) is 0 Å². The van der Waals surface area contributed by atoms with Gasteiger partial charge in [-0.3, -0.25) is 4.98 Å². The molecule has 0 unspecified atom stereocenters. The first-order valence-electron chi connectivity index (χ1n) is 2.84. The lowest BCUT2D eigenvalue weighted by Gasteiger charge is -2.08. The second kappa shape index (κ2) is 2.74. The minimum atomic E-state index is -3.11. The molecule has 1 aromatic rings. The molecule has 0 amide bonds. The Morgan fingerprint density at radius 3 is 2.45 bits per heavy atom. The quantitative estimate of drug-likeness (QED) is 0.641. The van der Waals surface area contributed by atoms with Gasteiger partial charge in [0.05, 0.1) is 5.02 Å². The molecule has 0 spiro atoms. The highest BCUT2D eigenvalue weighted by molar-refractivity contribution is 6.30. The molecule has 1 radical (unpaired) electrons. The highest BCUT2D eigenvalue weighted by Crippen LogP contribution is 2.26. The lowest BCUT2D eigenvalue weighted by atomic mass is 10.2. The third-order valence-corrected chi connectivity index (χ3v) is 1.33. The van der Waals surface area contributed by atoms with Gasteiger partial charge in [-0.15, -0.1) is 0 Å². The number of nitrogens with zero attached hydrogens (tertiary/aromatic N) is 1. The zero-order chi connectivity index (χ0) is 8.48. The Hall–Kier alpha value is -0.700. The van der Waals surface area contributed by atoms with Crippen LogP contribution in [0.4, 0.5) is 8.78 Å². The van der Waals surface area contributed by atoms with Crippen molar-refractivity contribution in [1.82, 2.24) is 4.98 Å². The largest absolute Gasteiger partial charge is 0.275 e. The summed E-state index contributed by atoms with van der Waals surface area (Å²) in [6.45, 7) is 2.65. The van der Waals surface area contributed by atoms with Crippen molar-refractivity contribution in [2.75, 3.05) is 0 Å². The highest BCUT2D eigenvalue weighted by Gasteiger charge is 2.24.